The van der Waals surface area contributed by atoms with Gasteiger partial charge in [-0.15, -0.1) is 0 Å². The van der Waals surface area contributed by atoms with Crippen LogP contribution in [0.25, 0.3) is 0 Å². The van der Waals surface area contributed by atoms with Gasteiger partial charge in [0.1, 0.15) is 17.7 Å². The maximum Gasteiger partial charge on any atom is 0.319 e. The van der Waals surface area contributed by atoms with Gasteiger partial charge in [-0.05, 0) is 25.0 Å². The number of hydrogen-bond donors (Lipinski definition) is 2. The summed E-state index contributed by atoms with van der Waals surface area (Å²) >= 11 is 0. The molecular formula is C17H17F2N5O2. The number of likely N-dealkylation sites (tertiary alicyclic amines) is 1. The Hall–Kier alpha value is -3.10. The standard InChI is InChI=1S/C17H17F2N5O2/c18-12-4-3-11(14(19)8-12)10-24-7-1-2-15(16(24)25)23-17(26)22-13-5-6-20-21-9-13/h3-6,8-9,15H,1-2,7,10H2,(H2,20,22,23,26). The highest BCUT2D eigenvalue weighted by Gasteiger charge is 2.30. The van der Waals surface area contributed by atoms with Crippen LogP contribution in [0.5, 0.6) is 0 Å². The number of anilines is 1. The van der Waals surface area contributed by atoms with Gasteiger partial charge in [-0.3, -0.25) is 4.79 Å². The predicted octanol–water partition coefficient (Wildman–Crippen LogP) is 2.07. The van der Waals surface area contributed by atoms with Gasteiger partial charge >= 0.3 is 6.03 Å². The van der Waals surface area contributed by atoms with E-state index in [1.165, 1.54) is 23.4 Å². The maximum atomic E-state index is 13.8. The van der Waals surface area contributed by atoms with Gasteiger partial charge in [0.2, 0.25) is 5.91 Å². The third-order valence-corrected chi connectivity index (χ3v) is 4.05. The second-order valence-corrected chi connectivity index (χ2v) is 5.92. The molecule has 1 atom stereocenters. The number of halogens is 2. The number of urea groups is 1. The van der Waals surface area contributed by atoms with Crippen molar-refractivity contribution in [2.24, 2.45) is 0 Å². The topological polar surface area (TPSA) is 87.2 Å². The molecule has 2 heterocycles. The van der Waals surface area contributed by atoms with Gasteiger partial charge in [-0.1, -0.05) is 6.07 Å². The van der Waals surface area contributed by atoms with E-state index in [4.69, 9.17) is 0 Å². The van der Waals surface area contributed by atoms with E-state index in [-0.39, 0.29) is 18.0 Å². The van der Waals surface area contributed by atoms with E-state index in [1.807, 2.05) is 0 Å². The van der Waals surface area contributed by atoms with Gasteiger partial charge in [0, 0.05) is 24.7 Å². The Morgan fingerprint density at radius 2 is 2.12 bits per heavy atom. The number of piperidine rings is 1. The van der Waals surface area contributed by atoms with E-state index >= 15 is 0 Å². The first-order valence-electron chi connectivity index (χ1n) is 8.10. The van der Waals surface area contributed by atoms with Crippen LogP contribution in [0.15, 0.2) is 36.7 Å². The highest BCUT2D eigenvalue weighted by Crippen LogP contribution is 2.18. The van der Waals surface area contributed by atoms with Crippen molar-refractivity contribution in [3.63, 3.8) is 0 Å². The van der Waals surface area contributed by atoms with Crippen molar-refractivity contribution in [3.05, 3.63) is 53.9 Å². The molecule has 0 spiro atoms. The van der Waals surface area contributed by atoms with E-state index in [9.17, 15) is 18.4 Å². The lowest BCUT2D eigenvalue weighted by atomic mass is 10.0. The second kappa shape index (κ2) is 7.85. The molecule has 0 saturated carbocycles. The summed E-state index contributed by atoms with van der Waals surface area (Å²) in [5, 5.41) is 12.4. The first-order chi connectivity index (χ1) is 12.5. The van der Waals surface area contributed by atoms with Gasteiger partial charge in [-0.2, -0.15) is 10.2 Å². The first kappa shape index (κ1) is 17.7. The van der Waals surface area contributed by atoms with Gasteiger partial charge < -0.3 is 15.5 Å². The highest BCUT2D eigenvalue weighted by molar-refractivity contribution is 5.93. The average Bonchev–Trinajstić information content (AvgIpc) is 2.61. The van der Waals surface area contributed by atoms with Crippen LogP contribution < -0.4 is 10.6 Å². The van der Waals surface area contributed by atoms with Crippen LogP contribution >= 0.6 is 0 Å². The average molecular weight is 361 g/mol. The van der Waals surface area contributed by atoms with Crippen molar-refractivity contribution in [1.82, 2.24) is 20.4 Å². The lowest BCUT2D eigenvalue weighted by molar-refractivity contribution is -0.136. The Kier molecular flexibility index (Phi) is 5.35. The van der Waals surface area contributed by atoms with Crippen LogP contribution in [0.2, 0.25) is 0 Å². The second-order valence-electron chi connectivity index (χ2n) is 5.92. The van der Waals surface area contributed by atoms with Gasteiger partial charge in [0.15, 0.2) is 0 Å². The zero-order valence-corrected chi connectivity index (χ0v) is 13.8. The minimum atomic E-state index is -0.706. The lowest BCUT2D eigenvalue weighted by Gasteiger charge is -2.32. The van der Waals surface area contributed by atoms with Crippen molar-refractivity contribution < 1.29 is 18.4 Å². The van der Waals surface area contributed by atoms with Crippen molar-refractivity contribution in [1.29, 1.82) is 0 Å². The number of rotatable bonds is 4. The van der Waals surface area contributed by atoms with Crippen LogP contribution in [0.1, 0.15) is 18.4 Å². The van der Waals surface area contributed by atoms with Crippen LogP contribution in [0.3, 0.4) is 0 Å². The minimum Gasteiger partial charge on any atom is -0.336 e. The molecule has 3 rings (SSSR count). The molecule has 2 aromatic rings. The summed E-state index contributed by atoms with van der Waals surface area (Å²) in [6, 6.07) is 3.58. The molecule has 1 aromatic heterocycles. The van der Waals surface area contributed by atoms with E-state index in [0.29, 0.717) is 25.1 Å². The van der Waals surface area contributed by atoms with Gasteiger partial charge in [0.05, 0.1) is 18.1 Å². The predicted molar refractivity (Wildman–Crippen MR) is 89.0 cm³/mol. The van der Waals surface area contributed by atoms with Gasteiger partial charge in [0.25, 0.3) is 0 Å². The number of nitrogens with zero attached hydrogens (tertiary/aromatic N) is 3. The fourth-order valence-corrected chi connectivity index (χ4v) is 2.78. The molecule has 0 radical (unpaired) electrons. The molecule has 7 nitrogen and oxygen atoms in total. The first-order valence-corrected chi connectivity index (χ1v) is 8.10. The Labute approximate surface area is 148 Å². The van der Waals surface area contributed by atoms with E-state index in [2.05, 4.69) is 20.8 Å². The number of nitrogens with one attached hydrogen (secondary N) is 2. The molecule has 1 fully saturated rings. The summed E-state index contributed by atoms with van der Waals surface area (Å²) in [5.41, 5.74) is 0.679. The van der Waals surface area contributed by atoms with Crippen molar-refractivity contribution >= 4 is 17.6 Å². The third-order valence-electron chi connectivity index (χ3n) is 4.05. The maximum absolute atomic E-state index is 13.8. The fourth-order valence-electron chi connectivity index (χ4n) is 2.78. The molecule has 1 unspecified atom stereocenters. The quantitative estimate of drug-likeness (QED) is 0.873. The Morgan fingerprint density at radius 1 is 1.27 bits per heavy atom. The molecule has 9 heteroatoms. The lowest BCUT2D eigenvalue weighted by Crippen LogP contribution is -2.52. The van der Waals surface area contributed by atoms with E-state index in [0.717, 1.165) is 12.1 Å². The molecule has 136 valence electrons. The summed E-state index contributed by atoms with van der Waals surface area (Å²) in [4.78, 5) is 26.1. The minimum absolute atomic E-state index is 0.0268. The Balaban J connectivity index is 1.61. The van der Waals surface area contributed by atoms with Crippen LogP contribution in [-0.4, -0.2) is 39.6 Å². The Bertz CT molecular complexity index is 803. The summed E-state index contributed by atoms with van der Waals surface area (Å²) < 4.78 is 26.8. The molecule has 0 aliphatic carbocycles. The Morgan fingerprint density at radius 3 is 2.85 bits per heavy atom. The number of aromatic nitrogens is 2. The third kappa shape index (κ3) is 4.29. The van der Waals surface area contributed by atoms with E-state index < -0.39 is 23.7 Å². The number of carbonyl (C=O) groups is 2. The van der Waals surface area contributed by atoms with E-state index in [1.54, 1.807) is 6.07 Å². The molecule has 1 aliphatic rings. The summed E-state index contributed by atoms with van der Waals surface area (Å²) in [7, 11) is 0. The number of amides is 3. The number of benzene rings is 1. The van der Waals surface area contributed by atoms with Crippen molar-refractivity contribution in [2.45, 2.75) is 25.4 Å². The van der Waals surface area contributed by atoms with Crippen LogP contribution in [-0.2, 0) is 11.3 Å². The van der Waals surface area contributed by atoms with Crippen LogP contribution in [0.4, 0.5) is 19.3 Å². The zero-order chi connectivity index (χ0) is 18.5. The fraction of sp³-hybridized carbons (Fsp3) is 0.294. The summed E-state index contributed by atoms with van der Waals surface area (Å²) in [6.45, 7) is 0.475. The molecule has 2 N–H and O–H groups in total. The number of hydrogen-bond acceptors (Lipinski definition) is 4. The van der Waals surface area contributed by atoms with Crippen molar-refractivity contribution in [3.8, 4) is 0 Å². The molecule has 1 saturated heterocycles. The SMILES string of the molecule is O=C(Nc1ccnnc1)NC1CCCN(Cc2ccc(F)cc2F)C1=O. The van der Waals surface area contributed by atoms with Crippen LogP contribution in [0, 0.1) is 11.6 Å². The smallest absolute Gasteiger partial charge is 0.319 e. The molecule has 26 heavy (non-hydrogen) atoms. The van der Waals surface area contributed by atoms with Gasteiger partial charge in [-0.25, -0.2) is 13.6 Å². The molecule has 3 amide bonds. The molecule has 0 bridgehead atoms. The highest BCUT2D eigenvalue weighted by atomic mass is 19.1. The largest absolute Gasteiger partial charge is 0.336 e. The summed E-state index contributed by atoms with van der Waals surface area (Å²) in [5.74, 6) is -1.67. The van der Waals surface area contributed by atoms with Crippen molar-refractivity contribution in [2.75, 3.05) is 11.9 Å². The molecular weight excluding hydrogens is 344 g/mol. The molecule has 1 aromatic carbocycles. The normalized spacial score (nSPS) is 17.1. The summed E-state index contributed by atoms with van der Waals surface area (Å²) in [6.07, 6.45) is 3.96. The zero-order valence-electron chi connectivity index (χ0n) is 13.8. The molecule has 1 aliphatic heterocycles. The monoisotopic (exact) mass is 361 g/mol. The number of carbonyl (C=O) groups excluding carboxylic acids is 2.